The summed E-state index contributed by atoms with van der Waals surface area (Å²) in [5.41, 5.74) is 13.6. The second kappa shape index (κ2) is 12.9. The molecule has 6 heteroatoms. The van der Waals surface area contributed by atoms with Crippen LogP contribution >= 0.6 is 0 Å². The third kappa shape index (κ3) is 5.30. The van der Waals surface area contributed by atoms with E-state index in [0.717, 1.165) is 79.7 Å². The SMILES string of the molecule is O=Cc1cc2[nH]c1c(-c1ccccc1)c1nc(c(-c3ccccc3)c3nc(c(-c4ccccc4)c4cc(C=O)c([nH]4)c2-c2ccccc2)C=C3)C=C1. The molecule has 52 heavy (non-hydrogen) atoms. The smallest absolute Gasteiger partial charge is 0.152 e. The van der Waals surface area contributed by atoms with Crippen molar-refractivity contribution in [2.24, 2.45) is 0 Å². The summed E-state index contributed by atoms with van der Waals surface area (Å²) in [7, 11) is 0. The molecule has 0 radical (unpaired) electrons. The van der Waals surface area contributed by atoms with Crippen LogP contribution in [0, 0.1) is 0 Å². The highest BCUT2D eigenvalue weighted by Gasteiger charge is 2.21. The van der Waals surface area contributed by atoms with Crippen molar-refractivity contribution in [2.75, 3.05) is 0 Å². The van der Waals surface area contributed by atoms with E-state index in [1.165, 1.54) is 0 Å². The average Bonchev–Trinajstić information content (AvgIpc) is 4.03. The minimum absolute atomic E-state index is 0.473. The summed E-state index contributed by atoms with van der Waals surface area (Å²) < 4.78 is 0. The molecule has 2 aliphatic rings. The van der Waals surface area contributed by atoms with Gasteiger partial charge in [-0.25, -0.2) is 9.97 Å². The molecule has 0 atom stereocenters. The number of aromatic nitrogens is 4. The van der Waals surface area contributed by atoms with E-state index in [1.807, 2.05) is 146 Å². The second-order valence-electron chi connectivity index (χ2n) is 12.7. The maximum absolute atomic E-state index is 13.0. The summed E-state index contributed by atoms with van der Waals surface area (Å²) >= 11 is 0. The monoisotopic (exact) mass is 670 g/mol. The van der Waals surface area contributed by atoms with Crippen molar-refractivity contribution in [1.82, 2.24) is 19.9 Å². The fourth-order valence-electron chi connectivity index (χ4n) is 7.23. The molecule has 8 bridgehead atoms. The number of H-pyrrole nitrogens is 2. The minimum Gasteiger partial charge on any atom is -0.354 e. The van der Waals surface area contributed by atoms with Gasteiger partial charge >= 0.3 is 0 Å². The van der Waals surface area contributed by atoms with Crippen LogP contribution in [0.4, 0.5) is 0 Å². The number of aromatic amines is 2. The van der Waals surface area contributed by atoms with Gasteiger partial charge in [-0.05, 0) is 58.7 Å². The van der Waals surface area contributed by atoms with E-state index in [-0.39, 0.29) is 0 Å². The quantitative estimate of drug-likeness (QED) is 0.172. The van der Waals surface area contributed by atoms with Gasteiger partial charge in [0.15, 0.2) is 12.6 Å². The molecule has 0 saturated heterocycles. The number of nitrogens with one attached hydrogen (secondary N) is 2. The highest BCUT2D eigenvalue weighted by Crippen LogP contribution is 2.39. The first-order chi connectivity index (χ1) is 25.7. The average molecular weight is 671 g/mol. The summed E-state index contributed by atoms with van der Waals surface area (Å²) in [6.45, 7) is 0. The van der Waals surface area contributed by atoms with Gasteiger partial charge in [0.25, 0.3) is 0 Å². The molecule has 3 aromatic heterocycles. The molecule has 0 amide bonds. The molecule has 7 aromatic rings. The lowest BCUT2D eigenvalue weighted by Gasteiger charge is -2.07. The molecule has 0 aliphatic carbocycles. The predicted molar refractivity (Wildman–Crippen MR) is 211 cm³/mol. The number of rotatable bonds is 6. The molecule has 0 spiro atoms. The molecule has 5 heterocycles. The van der Waals surface area contributed by atoms with Crippen LogP contribution in [0.3, 0.4) is 0 Å². The first kappa shape index (κ1) is 30.8. The van der Waals surface area contributed by atoms with Crippen LogP contribution in [-0.4, -0.2) is 32.5 Å². The molecule has 0 unspecified atom stereocenters. The van der Waals surface area contributed by atoms with Crippen LogP contribution < -0.4 is 0 Å². The first-order valence-electron chi connectivity index (χ1n) is 17.1. The Labute approximate surface area is 299 Å². The molecule has 2 N–H and O–H groups in total. The zero-order valence-corrected chi connectivity index (χ0v) is 27.9. The van der Waals surface area contributed by atoms with Gasteiger partial charge in [0.2, 0.25) is 0 Å². The topological polar surface area (TPSA) is 91.5 Å². The van der Waals surface area contributed by atoms with Gasteiger partial charge in [-0.2, -0.15) is 0 Å². The Morgan fingerprint density at radius 3 is 1.15 bits per heavy atom. The Morgan fingerprint density at radius 2 is 0.712 bits per heavy atom. The van der Waals surface area contributed by atoms with Crippen LogP contribution in [0.25, 0.3) is 90.9 Å². The number of aldehydes is 2. The van der Waals surface area contributed by atoms with Gasteiger partial charge in [-0.1, -0.05) is 121 Å². The van der Waals surface area contributed by atoms with E-state index >= 15 is 0 Å². The van der Waals surface area contributed by atoms with Gasteiger partial charge < -0.3 is 9.97 Å². The van der Waals surface area contributed by atoms with Crippen LogP contribution in [0.2, 0.25) is 0 Å². The largest absolute Gasteiger partial charge is 0.354 e. The van der Waals surface area contributed by atoms with E-state index in [4.69, 9.17) is 9.97 Å². The van der Waals surface area contributed by atoms with E-state index in [0.29, 0.717) is 33.4 Å². The Bertz CT molecular complexity index is 2740. The van der Waals surface area contributed by atoms with Crippen molar-refractivity contribution in [1.29, 1.82) is 0 Å². The highest BCUT2D eigenvalue weighted by atomic mass is 16.1. The van der Waals surface area contributed by atoms with Crippen LogP contribution in [0.15, 0.2) is 133 Å². The number of hydrogen-bond donors (Lipinski definition) is 2. The molecule has 246 valence electrons. The Hall–Kier alpha value is -7.18. The third-order valence-corrected chi connectivity index (χ3v) is 9.54. The molecule has 6 nitrogen and oxygen atoms in total. The zero-order valence-electron chi connectivity index (χ0n) is 27.9. The van der Waals surface area contributed by atoms with Gasteiger partial charge in [-0.3, -0.25) is 9.59 Å². The Balaban J connectivity index is 1.55. The summed E-state index contributed by atoms with van der Waals surface area (Å²) in [6, 6.07) is 43.8. The van der Waals surface area contributed by atoms with Gasteiger partial charge in [0, 0.05) is 44.4 Å². The van der Waals surface area contributed by atoms with Gasteiger partial charge in [0.05, 0.1) is 33.8 Å². The van der Waals surface area contributed by atoms with Gasteiger partial charge in [0.1, 0.15) is 0 Å². The molecule has 0 fully saturated rings. The molecular formula is C46H30N4O2. The number of nitrogens with zero attached hydrogens (tertiary/aromatic N) is 2. The van der Waals surface area contributed by atoms with E-state index in [1.54, 1.807) is 0 Å². The van der Waals surface area contributed by atoms with E-state index in [9.17, 15) is 9.59 Å². The highest BCUT2D eigenvalue weighted by molar-refractivity contribution is 6.08. The summed E-state index contributed by atoms with van der Waals surface area (Å²) in [6.07, 6.45) is 9.83. The molecule has 4 aromatic carbocycles. The van der Waals surface area contributed by atoms with Crippen LogP contribution in [0.5, 0.6) is 0 Å². The molecular weight excluding hydrogens is 641 g/mol. The summed E-state index contributed by atoms with van der Waals surface area (Å²) in [4.78, 5) is 43.8. The van der Waals surface area contributed by atoms with Crippen LogP contribution in [-0.2, 0) is 0 Å². The molecule has 0 saturated carbocycles. The number of hydrogen-bond acceptors (Lipinski definition) is 4. The maximum atomic E-state index is 13.0. The lowest BCUT2D eigenvalue weighted by Crippen LogP contribution is -1.91. The zero-order chi connectivity index (χ0) is 35.0. The van der Waals surface area contributed by atoms with Crippen LogP contribution in [0.1, 0.15) is 43.5 Å². The van der Waals surface area contributed by atoms with Crippen molar-refractivity contribution in [2.45, 2.75) is 0 Å². The van der Waals surface area contributed by atoms with Crippen molar-refractivity contribution in [3.8, 4) is 44.5 Å². The number of carbonyl (C=O) groups is 2. The first-order valence-corrected chi connectivity index (χ1v) is 17.1. The Morgan fingerprint density at radius 1 is 0.385 bits per heavy atom. The van der Waals surface area contributed by atoms with Gasteiger partial charge in [-0.15, -0.1) is 0 Å². The van der Waals surface area contributed by atoms with Crippen molar-refractivity contribution in [3.05, 3.63) is 167 Å². The standard InChI is InChI=1S/C46H30N4O2/c51-27-33-25-39-42(30-15-7-2-8-16-30)37-22-21-35(47-37)41(29-13-5-1-6-14-29)36-23-24-38(48-36)43(31-17-9-3-10-18-31)45-34(28-52)26-40(50-45)44(46(33)49-39)32-19-11-4-12-20-32/h1-28,49-50H. The van der Waals surface area contributed by atoms with Crippen molar-refractivity contribution >= 4 is 58.9 Å². The fraction of sp³-hybridized carbons (Fsp3) is 0. The molecule has 9 rings (SSSR count). The van der Waals surface area contributed by atoms with E-state index < -0.39 is 0 Å². The summed E-state index contributed by atoms with van der Waals surface area (Å²) in [5.74, 6) is 0. The lowest BCUT2D eigenvalue weighted by atomic mass is 10.0. The lowest BCUT2D eigenvalue weighted by molar-refractivity contribution is 0.111. The minimum atomic E-state index is 0.473. The van der Waals surface area contributed by atoms with Crippen molar-refractivity contribution < 1.29 is 9.59 Å². The van der Waals surface area contributed by atoms with E-state index in [2.05, 4.69) is 22.1 Å². The fourth-order valence-corrected chi connectivity index (χ4v) is 7.23. The van der Waals surface area contributed by atoms with Crippen molar-refractivity contribution in [3.63, 3.8) is 0 Å². The second-order valence-corrected chi connectivity index (χ2v) is 12.7. The number of benzene rings is 4. The number of fused-ring (bicyclic) bond motifs is 8. The maximum Gasteiger partial charge on any atom is 0.152 e. The molecule has 2 aliphatic heterocycles. The Kier molecular flexibility index (Phi) is 7.67. The predicted octanol–water partition coefficient (Wildman–Crippen LogP) is 10.9. The summed E-state index contributed by atoms with van der Waals surface area (Å²) in [5, 5.41) is 0. The number of carbonyl (C=O) groups excluding carboxylic acids is 2. The third-order valence-electron chi connectivity index (χ3n) is 9.54. The normalized spacial score (nSPS) is 11.8.